The molecule has 106 valence electrons. The quantitative estimate of drug-likeness (QED) is 0.750. The Morgan fingerprint density at radius 2 is 2.00 bits per heavy atom. The van der Waals surface area contributed by atoms with Gasteiger partial charge in [-0.15, -0.1) is 0 Å². The largest absolute Gasteiger partial charge is 0.433 e. The van der Waals surface area contributed by atoms with Crippen molar-refractivity contribution in [3.05, 3.63) is 11.8 Å². The monoisotopic (exact) mass is 277 g/mol. The summed E-state index contributed by atoms with van der Waals surface area (Å²) in [5, 5.41) is 7.50. The lowest BCUT2D eigenvalue weighted by Crippen LogP contribution is -2.21. The Morgan fingerprint density at radius 1 is 1.32 bits per heavy atom. The first kappa shape index (κ1) is 15.0. The molecule has 0 fully saturated rings. The van der Waals surface area contributed by atoms with Crippen LogP contribution in [0.4, 0.5) is 24.9 Å². The molecule has 0 aliphatic rings. The number of nitrogens with zero attached hydrogens (tertiary/aromatic N) is 2. The number of alkyl halides is 3. The molecule has 0 spiro atoms. The number of carbonyl (C=O) groups is 1. The Bertz CT molecular complexity index is 449. The maximum absolute atomic E-state index is 12.6. The van der Waals surface area contributed by atoms with Crippen molar-refractivity contribution in [3.8, 4) is 0 Å². The average molecular weight is 277 g/mol. The van der Waals surface area contributed by atoms with Gasteiger partial charge in [-0.1, -0.05) is 0 Å². The van der Waals surface area contributed by atoms with Gasteiger partial charge in [-0.05, 0) is 0 Å². The summed E-state index contributed by atoms with van der Waals surface area (Å²) < 4.78 is 37.7. The van der Waals surface area contributed by atoms with Crippen molar-refractivity contribution < 1.29 is 18.0 Å². The molecule has 1 heterocycles. The van der Waals surface area contributed by atoms with Crippen molar-refractivity contribution in [3.63, 3.8) is 0 Å². The maximum atomic E-state index is 12.6. The van der Waals surface area contributed by atoms with Crippen LogP contribution in [0.3, 0.4) is 0 Å². The number of hydrogen-bond acceptors (Lipinski definition) is 5. The van der Waals surface area contributed by atoms with E-state index in [9.17, 15) is 18.0 Å². The first-order valence-corrected chi connectivity index (χ1v) is 5.45. The number of aromatic nitrogens is 2. The minimum absolute atomic E-state index is 0.00979. The second-order valence-electron chi connectivity index (χ2n) is 3.56. The summed E-state index contributed by atoms with van der Waals surface area (Å²) in [7, 11) is 2.90. The molecule has 6 nitrogen and oxygen atoms in total. The van der Waals surface area contributed by atoms with Crippen molar-refractivity contribution in [2.24, 2.45) is 0 Å². The smallest absolute Gasteiger partial charge is 0.369 e. The molecule has 0 atom stereocenters. The van der Waals surface area contributed by atoms with Crippen molar-refractivity contribution in [2.75, 3.05) is 31.3 Å². The fourth-order valence-electron chi connectivity index (χ4n) is 1.22. The Hall–Kier alpha value is -2.06. The van der Waals surface area contributed by atoms with E-state index in [0.29, 0.717) is 0 Å². The van der Waals surface area contributed by atoms with Gasteiger partial charge in [-0.3, -0.25) is 4.79 Å². The van der Waals surface area contributed by atoms with E-state index >= 15 is 0 Å². The normalized spacial score (nSPS) is 11.0. The molecule has 3 N–H and O–H groups in total. The number of halogens is 3. The lowest BCUT2D eigenvalue weighted by molar-refractivity contribution is -0.141. The molecule has 19 heavy (non-hydrogen) atoms. The van der Waals surface area contributed by atoms with Gasteiger partial charge in [0.1, 0.15) is 5.82 Å². The van der Waals surface area contributed by atoms with E-state index < -0.39 is 11.9 Å². The third-order valence-corrected chi connectivity index (χ3v) is 2.18. The molecule has 0 bridgehead atoms. The third-order valence-electron chi connectivity index (χ3n) is 2.18. The molecule has 1 aromatic heterocycles. The van der Waals surface area contributed by atoms with Crippen LogP contribution in [-0.4, -0.2) is 36.5 Å². The van der Waals surface area contributed by atoms with E-state index in [-0.39, 0.29) is 30.6 Å². The highest BCUT2D eigenvalue weighted by atomic mass is 19.4. The summed E-state index contributed by atoms with van der Waals surface area (Å²) in [4.78, 5) is 18.1. The van der Waals surface area contributed by atoms with Crippen LogP contribution in [0.1, 0.15) is 12.1 Å². The fraction of sp³-hybridized carbons (Fsp3) is 0.500. The first-order valence-electron chi connectivity index (χ1n) is 5.45. The summed E-state index contributed by atoms with van der Waals surface area (Å²) in [6, 6.07) is 0.796. The van der Waals surface area contributed by atoms with Gasteiger partial charge in [0.2, 0.25) is 11.9 Å². The molecule has 0 unspecified atom stereocenters. The number of amides is 1. The molecule has 9 heteroatoms. The highest BCUT2D eigenvalue weighted by Crippen LogP contribution is 2.29. The van der Waals surface area contributed by atoms with Crippen molar-refractivity contribution in [1.82, 2.24) is 15.3 Å². The molecule has 1 aromatic rings. The van der Waals surface area contributed by atoms with Gasteiger partial charge in [-0.2, -0.15) is 18.2 Å². The van der Waals surface area contributed by atoms with Crippen LogP contribution in [0.15, 0.2) is 6.07 Å². The Labute approximate surface area is 107 Å². The standard InChI is InChI=1S/C10H14F3N5O/c1-14-8(19)3-4-16-7-5-6(10(11,12)13)17-9(15-2)18-7/h5H,3-4H2,1-2H3,(H,14,19)(H2,15,16,17,18). The zero-order chi connectivity index (χ0) is 14.5. The van der Waals surface area contributed by atoms with E-state index in [2.05, 4.69) is 25.9 Å². The predicted molar refractivity (Wildman–Crippen MR) is 63.8 cm³/mol. The lowest BCUT2D eigenvalue weighted by Gasteiger charge is -2.11. The van der Waals surface area contributed by atoms with Gasteiger partial charge in [0, 0.05) is 33.1 Å². The Balaban J connectivity index is 2.80. The minimum Gasteiger partial charge on any atom is -0.369 e. The van der Waals surface area contributed by atoms with Gasteiger partial charge in [0.05, 0.1) is 0 Å². The van der Waals surface area contributed by atoms with Gasteiger partial charge >= 0.3 is 6.18 Å². The summed E-state index contributed by atoms with van der Waals surface area (Å²) >= 11 is 0. The second-order valence-corrected chi connectivity index (χ2v) is 3.56. The van der Waals surface area contributed by atoms with Crippen LogP contribution >= 0.6 is 0 Å². The molecule has 0 aliphatic heterocycles. The highest BCUT2D eigenvalue weighted by Gasteiger charge is 2.33. The maximum Gasteiger partial charge on any atom is 0.433 e. The van der Waals surface area contributed by atoms with Crippen LogP contribution in [0, 0.1) is 0 Å². The molecular weight excluding hydrogens is 263 g/mol. The Morgan fingerprint density at radius 3 is 2.53 bits per heavy atom. The molecule has 0 saturated carbocycles. The second kappa shape index (κ2) is 6.21. The summed E-state index contributed by atoms with van der Waals surface area (Å²) in [6.45, 7) is 0.178. The molecule has 0 aliphatic carbocycles. The number of hydrogen-bond donors (Lipinski definition) is 3. The molecule has 0 aromatic carbocycles. The number of rotatable bonds is 5. The SMILES string of the molecule is CNC(=O)CCNc1cc(C(F)(F)F)nc(NC)n1. The topological polar surface area (TPSA) is 78.9 Å². The molecule has 0 saturated heterocycles. The Kier molecular flexibility index (Phi) is 4.90. The van der Waals surface area contributed by atoms with E-state index in [1.165, 1.54) is 14.1 Å². The van der Waals surface area contributed by atoms with Crippen LogP contribution in [0.5, 0.6) is 0 Å². The van der Waals surface area contributed by atoms with Crippen LogP contribution < -0.4 is 16.0 Å². The zero-order valence-electron chi connectivity index (χ0n) is 10.4. The number of nitrogens with one attached hydrogen (secondary N) is 3. The average Bonchev–Trinajstić information content (AvgIpc) is 2.37. The number of anilines is 2. The summed E-state index contributed by atoms with van der Waals surface area (Å²) in [6.07, 6.45) is -4.41. The molecule has 1 amide bonds. The van der Waals surface area contributed by atoms with E-state index in [1.807, 2.05) is 0 Å². The van der Waals surface area contributed by atoms with Gasteiger partial charge < -0.3 is 16.0 Å². The highest BCUT2D eigenvalue weighted by molar-refractivity contribution is 5.76. The van der Waals surface area contributed by atoms with Crippen molar-refractivity contribution in [1.29, 1.82) is 0 Å². The van der Waals surface area contributed by atoms with Crippen LogP contribution in [0.2, 0.25) is 0 Å². The molecular formula is C10H14F3N5O. The van der Waals surface area contributed by atoms with Crippen LogP contribution in [0.25, 0.3) is 0 Å². The summed E-state index contributed by atoms with van der Waals surface area (Å²) in [5.74, 6) is -0.348. The number of carbonyl (C=O) groups excluding carboxylic acids is 1. The van der Waals surface area contributed by atoms with Gasteiger partial charge in [0.25, 0.3) is 0 Å². The van der Waals surface area contributed by atoms with E-state index in [0.717, 1.165) is 6.07 Å². The summed E-state index contributed by atoms with van der Waals surface area (Å²) in [5.41, 5.74) is -1.05. The minimum atomic E-state index is -4.55. The first-order chi connectivity index (χ1) is 8.86. The van der Waals surface area contributed by atoms with Gasteiger partial charge in [-0.25, -0.2) is 4.98 Å². The third kappa shape index (κ3) is 4.60. The fourth-order valence-corrected chi connectivity index (χ4v) is 1.22. The predicted octanol–water partition coefficient (Wildman–Crippen LogP) is 1.09. The van der Waals surface area contributed by atoms with E-state index in [4.69, 9.17) is 0 Å². The van der Waals surface area contributed by atoms with Crippen molar-refractivity contribution >= 4 is 17.7 Å². The molecule has 0 radical (unpaired) electrons. The molecule has 1 rings (SSSR count). The van der Waals surface area contributed by atoms with Gasteiger partial charge in [0.15, 0.2) is 5.69 Å². The van der Waals surface area contributed by atoms with Crippen molar-refractivity contribution in [2.45, 2.75) is 12.6 Å². The van der Waals surface area contributed by atoms with E-state index in [1.54, 1.807) is 0 Å². The zero-order valence-corrected chi connectivity index (χ0v) is 10.4. The lowest BCUT2D eigenvalue weighted by atomic mass is 10.3. The van der Waals surface area contributed by atoms with Crippen LogP contribution in [-0.2, 0) is 11.0 Å².